The summed E-state index contributed by atoms with van der Waals surface area (Å²) in [6.07, 6.45) is 1.92. The Labute approximate surface area is 144 Å². The summed E-state index contributed by atoms with van der Waals surface area (Å²) in [7, 11) is 2.06. The zero-order chi connectivity index (χ0) is 17.4. The van der Waals surface area contributed by atoms with E-state index in [2.05, 4.69) is 87.6 Å². The molecule has 1 aromatic heterocycles. The van der Waals surface area contributed by atoms with Crippen LogP contribution in [0.4, 0.5) is 0 Å². The third-order valence-corrected chi connectivity index (χ3v) is 4.63. The maximum atomic E-state index is 4.65. The van der Waals surface area contributed by atoms with Crippen LogP contribution in [0.5, 0.6) is 0 Å². The first-order valence-electron chi connectivity index (χ1n) is 8.37. The molecule has 0 spiro atoms. The normalized spacial score (nSPS) is 10.9. The van der Waals surface area contributed by atoms with Crippen molar-refractivity contribution in [3.8, 4) is 22.5 Å². The SMILES string of the molecule is Cc1cc(C)cc(-c2cc(-c3cc(C)cc(C)c3C)[n+](C)cn2)c1. The predicted octanol–water partition coefficient (Wildman–Crippen LogP) is 4.78. The van der Waals surface area contributed by atoms with Crippen molar-refractivity contribution in [2.24, 2.45) is 7.05 Å². The summed E-state index contributed by atoms with van der Waals surface area (Å²) in [4.78, 5) is 4.65. The van der Waals surface area contributed by atoms with Crippen molar-refractivity contribution in [1.29, 1.82) is 0 Å². The van der Waals surface area contributed by atoms with E-state index >= 15 is 0 Å². The van der Waals surface area contributed by atoms with Gasteiger partial charge in [0.1, 0.15) is 5.69 Å². The molecule has 0 fully saturated rings. The molecule has 24 heavy (non-hydrogen) atoms. The Morgan fingerprint density at radius 2 is 1.38 bits per heavy atom. The highest BCUT2D eigenvalue weighted by Gasteiger charge is 2.16. The molecule has 0 atom stereocenters. The van der Waals surface area contributed by atoms with Gasteiger partial charge in [-0.2, -0.15) is 0 Å². The van der Waals surface area contributed by atoms with Crippen LogP contribution < -0.4 is 4.57 Å². The van der Waals surface area contributed by atoms with E-state index in [-0.39, 0.29) is 0 Å². The number of benzene rings is 2. The average Bonchev–Trinajstić information content (AvgIpc) is 2.50. The summed E-state index contributed by atoms with van der Waals surface area (Å²) >= 11 is 0. The Bertz CT molecular complexity index is 903. The van der Waals surface area contributed by atoms with Crippen LogP contribution in [-0.4, -0.2) is 4.98 Å². The number of rotatable bonds is 2. The van der Waals surface area contributed by atoms with E-state index < -0.39 is 0 Å². The van der Waals surface area contributed by atoms with Crippen molar-refractivity contribution in [2.75, 3.05) is 0 Å². The van der Waals surface area contributed by atoms with E-state index in [9.17, 15) is 0 Å². The zero-order valence-corrected chi connectivity index (χ0v) is 15.4. The Kier molecular flexibility index (Phi) is 4.23. The van der Waals surface area contributed by atoms with Crippen LogP contribution in [-0.2, 0) is 7.05 Å². The first kappa shape index (κ1) is 16.4. The van der Waals surface area contributed by atoms with Crippen molar-refractivity contribution < 1.29 is 4.57 Å². The summed E-state index contributed by atoms with van der Waals surface area (Å²) in [5, 5.41) is 0. The van der Waals surface area contributed by atoms with E-state index in [1.54, 1.807) is 0 Å². The minimum atomic E-state index is 1.02. The van der Waals surface area contributed by atoms with Crippen LogP contribution in [0.3, 0.4) is 0 Å². The smallest absolute Gasteiger partial charge is 0.232 e. The summed E-state index contributed by atoms with van der Waals surface area (Å²) in [6, 6.07) is 13.3. The molecule has 0 aliphatic rings. The van der Waals surface area contributed by atoms with Gasteiger partial charge in [0.25, 0.3) is 6.33 Å². The van der Waals surface area contributed by atoms with Gasteiger partial charge in [0.2, 0.25) is 0 Å². The van der Waals surface area contributed by atoms with Gasteiger partial charge in [-0.25, -0.2) is 4.57 Å². The molecule has 0 unspecified atom stereocenters. The molecule has 2 nitrogen and oxygen atoms in total. The fraction of sp³-hybridized carbons (Fsp3) is 0.273. The fourth-order valence-electron chi connectivity index (χ4n) is 3.33. The highest BCUT2D eigenvalue weighted by molar-refractivity contribution is 5.69. The topological polar surface area (TPSA) is 16.8 Å². The molecule has 0 aliphatic heterocycles. The van der Waals surface area contributed by atoms with Crippen LogP contribution in [0, 0.1) is 34.6 Å². The third kappa shape index (κ3) is 3.09. The van der Waals surface area contributed by atoms with Gasteiger partial charge in [0.15, 0.2) is 5.69 Å². The van der Waals surface area contributed by atoms with Gasteiger partial charge in [-0.15, -0.1) is 0 Å². The number of aryl methyl sites for hydroxylation is 5. The molecule has 122 valence electrons. The lowest BCUT2D eigenvalue weighted by molar-refractivity contribution is -0.663. The minimum Gasteiger partial charge on any atom is -0.232 e. The van der Waals surface area contributed by atoms with Gasteiger partial charge in [0, 0.05) is 17.2 Å². The molecular weight excluding hydrogens is 292 g/mol. The molecule has 3 aromatic rings. The molecule has 2 aromatic carbocycles. The van der Waals surface area contributed by atoms with Crippen molar-refractivity contribution in [3.05, 3.63) is 70.5 Å². The summed E-state index contributed by atoms with van der Waals surface area (Å²) in [6.45, 7) is 10.8. The monoisotopic (exact) mass is 317 g/mol. The minimum absolute atomic E-state index is 1.02. The van der Waals surface area contributed by atoms with Crippen LogP contribution >= 0.6 is 0 Å². The fourth-order valence-corrected chi connectivity index (χ4v) is 3.33. The largest absolute Gasteiger partial charge is 0.287 e. The highest BCUT2D eigenvalue weighted by atomic mass is 15.0. The Hall–Kier alpha value is -2.48. The second-order valence-corrected chi connectivity index (χ2v) is 6.90. The van der Waals surface area contributed by atoms with Crippen molar-refractivity contribution >= 4 is 0 Å². The molecule has 0 aliphatic carbocycles. The molecular formula is C22H25N2+. The van der Waals surface area contributed by atoms with Crippen molar-refractivity contribution in [2.45, 2.75) is 34.6 Å². The van der Waals surface area contributed by atoms with Gasteiger partial charge >= 0.3 is 0 Å². The number of nitrogens with zero attached hydrogens (tertiary/aromatic N) is 2. The zero-order valence-electron chi connectivity index (χ0n) is 15.4. The van der Waals surface area contributed by atoms with Gasteiger partial charge in [0.05, 0.1) is 7.05 Å². The Morgan fingerprint density at radius 1 is 0.750 bits per heavy atom. The molecule has 0 amide bonds. The van der Waals surface area contributed by atoms with Crippen LogP contribution in [0.2, 0.25) is 0 Å². The van der Waals surface area contributed by atoms with Crippen molar-refractivity contribution in [1.82, 2.24) is 4.98 Å². The molecule has 0 bridgehead atoms. The second kappa shape index (κ2) is 6.20. The van der Waals surface area contributed by atoms with Crippen molar-refractivity contribution in [3.63, 3.8) is 0 Å². The lowest BCUT2D eigenvalue weighted by Gasteiger charge is -2.11. The lowest BCUT2D eigenvalue weighted by Crippen LogP contribution is -2.31. The first-order valence-corrected chi connectivity index (χ1v) is 8.37. The molecule has 0 saturated carbocycles. The Balaban J connectivity index is 2.21. The molecule has 0 N–H and O–H groups in total. The van der Waals surface area contributed by atoms with Gasteiger partial charge in [-0.3, -0.25) is 0 Å². The third-order valence-electron chi connectivity index (χ3n) is 4.63. The molecule has 3 rings (SSSR count). The van der Waals surface area contributed by atoms with E-state index in [1.165, 1.54) is 44.6 Å². The highest BCUT2D eigenvalue weighted by Crippen LogP contribution is 2.28. The quantitative estimate of drug-likeness (QED) is 0.621. The second-order valence-electron chi connectivity index (χ2n) is 6.90. The van der Waals surface area contributed by atoms with E-state index in [0.29, 0.717) is 0 Å². The number of hydrogen-bond donors (Lipinski definition) is 0. The summed E-state index contributed by atoms with van der Waals surface area (Å²) < 4.78 is 2.10. The maximum Gasteiger partial charge on any atom is 0.287 e. The van der Waals surface area contributed by atoms with E-state index in [4.69, 9.17) is 0 Å². The predicted molar refractivity (Wildman–Crippen MR) is 100.0 cm³/mol. The van der Waals surface area contributed by atoms with Crippen LogP contribution in [0.25, 0.3) is 22.5 Å². The van der Waals surface area contributed by atoms with E-state index in [1.807, 2.05) is 6.33 Å². The molecule has 1 heterocycles. The van der Waals surface area contributed by atoms with Gasteiger partial charge in [-0.05, 0) is 68.9 Å². The standard InChI is InChI=1S/C22H25N2/c1-14-7-15(2)10-19(9-14)21-12-22(24(6)13-23-21)20-11-16(3)8-17(4)18(20)5/h7-13H,1-6H3/q+1. The average molecular weight is 317 g/mol. The number of hydrogen-bond acceptors (Lipinski definition) is 1. The maximum absolute atomic E-state index is 4.65. The van der Waals surface area contributed by atoms with Gasteiger partial charge < -0.3 is 0 Å². The number of aromatic nitrogens is 2. The first-order chi connectivity index (χ1) is 11.3. The molecule has 0 saturated heterocycles. The van der Waals surface area contributed by atoms with Gasteiger partial charge in [-0.1, -0.05) is 28.8 Å². The summed E-state index contributed by atoms with van der Waals surface area (Å²) in [5.41, 5.74) is 11.2. The molecule has 2 heteroatoms. The van der Waals surface area contributed by atoms with E-state index in [0.717, 1.165) is 5.69 Å². The Morgan fingerprint density at radius 3 is 2.04 bits per heavy atom. The van der Waals surface area contributed by atoms with Crippen LogP contribution in [0.1, 0.15) is 27.8 Å². The molecule has 0 radical (unpaired) electrons. The van der Waals surface area contributed by atoms with Crippen LogP contribution in [0.15, 0.2) is 42.7 Å². The summed E-state index contributed by atoms with van der Waals surface area (Å²) in [5.74, 6) is 0. The lowest BCUT2D eigenvalue weighted by atomic mass is 9.96.